The van der Waals surface area contributed by atoms with E-state index in [0.717, 1.165) is 10.5 Å². The highest BCUT2D eigenvalue weighted by Gasteiger charge is 2.31. The SMILES string of the molecule is C[NH+](C)Cc1c([O-])ccc2c1OC(=Cc1cc(Cl)cc3c1OCOC3)C2=O. The highest BCUT2D eigenvalue weighted by atomic mass is 35.5. The summed E-state index contributed by atoms with van der Waals surface area (Å²) < 4.78 is 16.7. The van der Waals surface area contributed by atoms with Crippen LogP contribution in [0.3, 0.4) is 0 Å². The summed E-state index contributed by atoms with van der Waals surface area (Å²) in [4.78, 5) is 13.9. The van der Waals surface area contributed by atoms with Crippen molar-refractivity contribution in [2.75, 3.05) is 20.9 Å². The minimum atomic E-state index is -0.263. The zero-order chi connectivity index (χ0) is 19.1. The van der Waals surface area contributed by atoms with Crippen LogP contribution in [-0.2, 0) is 17.9 Å². The molecule has 0 radical (unpaired) electrons. The number of allylic oxidation sites excluding steroid dienone is 1. The molecular formula is C20H18ClNO5. The lowest BCUT2D eigenvalue weighted by Crippen LogP contribution is -3.04. The lowest BCUT2D eigenvalue weighted by atomic mass is 10.0. The van der Waals surface area contributed by atoms with Crippen LogP contribution in [0.5, 0.6) is 17.2 Å². The fourth-order valence-electron chi connectivity index (χ4n) is 3.27. The first-order chi connectivity index (χ1) is 12.9. The fourth-order valence-corrected chi connectivity index (χ4v) is 3.52. The Bertz CT molecular complexity index is 967. The second-order valence-corrected chi connectivity index (χ2v) is 7.27. The molecule has 0 unspecified atom stereocenters. The fraction of sp³-hybridized carbons (Fsp3) is 0.250. The van der Waals surface area contributed by atoms with Gasteiger partial charge in [0.15, 0.2) is 12.6 Å². The maximum atomic E-state index is 12.8. The Morgan fingerprint density at radius 2 is 2.07 bits per heavy atom. The number of benzene rings is 2. The summed E-state index contributed by atoms with van der Waals surface area (Å²) in [6.45, 7) is 0.987. The van der Waals surface area contributed by atoms with Gasteiger partial charge in [0.25, 0.3) is 0 Å². The third kappa shape index (κ3) is 3.27. The summed E-state index contributed by atoms with van der Waals surface area (Å²) in [5, 5.41) is 12.8. The predicted molar refractivity (Wildman–Crippen MR) is 97.1 cm³/mol. The molecule has 0 fully saturated rings. The Labute approximate surface area is 161 Å². The number of Topliss-reactive ketones (excluding diaryl/α,β-unsaturated/α-hetero) is 1. The van der Waals surface area contributed by atoms with Crippen LogP contribution >= 0.6 is 11.6 Å². The van der Waals surface area contributed by atoms with Gasteiger partial charge in [0.2, 0.25) is 5.78 Å². The highest BCUT2D eigenvalue weighted by molar-refractivity contribution is 6.31. The number of carbonyl (C=O) groups excluding carboxylic acids is 1. The summed E-state index contributed by atoms with van der Waals surface area (Å²) in [7, 11) is 3.87. The smallest absolute Gasteiger partial charge is 0.231 e. The van der Waals surface area contributed by atoms with Crippen molar-refractivity contribution in [3.63, 3.8) is 0 Å². The number of ether oxygens (including phenoxy) is 3. The number of ketones is 1. The molecule has 2 aliphatic rings. The number of fused-ring (bicyclic) bond motifs is 2. The molecule has 0 aromatic heterocycles. The van der Waals surface area contributed by atoms with Crippen molar-refractivity contribution in [1.82, 2.24) is 0 Å². The van der Waals surface area contributed by atoms with Crippen LogP contribution in [0.4, 0.5) is 0 Å². The third-order valence-electron chi connectivity index (χ3n) is 4.42. The van der Waals surface area contributed by atoms with Crippen molar-refractivity contribution < 1.29 is 29.0 Å². The zero-order valence-electron chi connectivity index (χ0n) is 14.9. The largest absolute Gasteiger partial charge is 0.872 e. The molecule has 7 heteroatoms. The normalized spacial score (nSPS) is 16.9. The summed E-state index contributed by atoms with van der Waals surface area (Å²) in [5.41, 5.74) is 2.35. The van der Waals surface area contributed by atoms with Crippen LogP contribution in [0.1, 0.15) is 27.0 Å². The second-order valence-electron chi connectivity index (χ2n) is 6.84. The number of halogens is 1. The first-order valence-electron chi connectivity index (χ1n) is 8.53. The molecule has 27 heavy (non-hydrogen) atoms. The van der Waals surface area contributed by atoms with Gasteiger partial charge in [-0.2, -0.15) is 0 Å². The molecule has 2 aromatic rings. The lowest BCUT2D eigenvalue weighted by Gasteiger charge is -2.20. The van der Waals surface area contributed by atoms with Crippen LogP contribution < -0.4 is 19.5 Å². The van der Waals surface area contributed by atoms with Crippen LogP contribution in [0.2, 0.25) is 5.02 Å². The molecule has 2 aromatic carbocycles. The van der Waals surface area contributed by atoms with E-state index in [2.05, 4.69) is 0 Å². The number of quaternary nitrogens is 1. The van der Waals surface area contributed by atoms with Crippen molar-refractivity contribution in [3.05, 3.63) is 57.3 Å². The van der Waals surface area contributed by atoms with E-state index in [1.165, 1.54) is 12.1 Å². The van der Waals surface area contributed by atoms with Gasteiger partial charge in [0.05, 0.1) is 26.3 Å². The van der Waals surface area contributed by atoms with Gasteiger partial charge >= 0.3 is 0 Å². The summed E-state index contributed by atoms with van der Waals surface area (Å²) in [6.07, 6.45) is 1.61. The van der Waals surface area contributed by atoms with Crippen LogP contribution in [0.15, 0.2) is 30.0 Å². The summed E-state index contributed by atoms with van der Waals surface area (Å²) >= 11 is 6.19. The molecule has 140 valence electrons. The van der Waals surface area contributed by atoms with E-state index in [9.17, 15) is 9.90 Å². The molecule has 0 saturated carbocycles. The van der Waals surface area contributed by atoms with E-state index in [1.807, 2.05) is 14.1 Å². The van der Waals surface area contributed by atoms with Crippen LogP contribution in [-0.4, -0.2) is 26.7 Å². The van der Waals surface area contributed by atoms with Crippen molar-refractivity contribution in [1.29, 1.82) is 0 Å². The Morgan fingerprint density at radius 3 is 2.85 bits per heavy atom. The molecule has 4 rings (SSSR count). The molecule has 0 aliphatic carbocycles. The average molecular weight is 388 g/mol. The van der Waals surface area contributed by atoms with Crippen LogP contribution in [0, 0.1) is 0 Å². The zero-order valence-corrected chi connectivity index (χ0v) is 15.7. The number of carbonyl (C=O) groups is 1. The molecule has 0 bridgehead atoms. The van der Waals surface area contributed by atoms with Crippen LogP contribution in [0.25, 0.3) is 6.08 Å². The number of rotatable bonds is 3. The minimum absolute atomic E-state index is 0.134. The monoisotopic (exact) mass is 387 g/mol. The standard InChI is InChI=1S/C20H18ClNO5/c1-22(2)8-15-16(23)4-3-14-18(24)17(27-20(14)15)7-11-5-13(21)6-12-9-25-10-26-19(11)12/h3-7,23H,8-10H2,1-2H3. The Kier molecular flexibility index (Phi) is 4.55. The van der Waals surface area contributed by atoms with E-state index in [0.29, 0.717) is 46.4 Å². The van der Waals surface area contributed by atoms with E-state index in [-0.39, 0.29) is 24.1 Å². The van der Waals surface area contributed by atoms with Gasteiger partial charge in [-0.05, 0) is 24.3 Å². The topological polar surface area (TPSA) is 72.3 Å². The molecule has 6 nitrogen and oxygen atoms in total. The van der Waals surface area contributed by atoms with Gasteiger partial charge in [0, 0.05) is 21.7 Å². The lowest BCUT2D eigenvalue weighted by molar-refractivity contribution is -0.872. The van der Waals surface area contributed by atoms with Gasteiger partial charge < -0.3 is 24.2 Å². The van der Waals surface area contributed by atoms with E-state index < -0.39 is 0 Å². The third-order valence-corrected chi connectivity index (χ3v) is 4.64. The molecule has 0 atom stereocenters. The van der Waals surface area contributed by atoms with Gasteiger partial charge in [0.1, 0.15) is 18.0 Å². The van der Waals surface area contributed by atoms with E-state index >= 15 is 0 Å². The number of nitrogens with one attached hydrogen (secondary N) is 1. The molecular weight excluding hydrogens is 370 g/mol. The number of hydrogen-bond acceptors (Lipinski definition) is 5. The van der Waals surface area contributed by atoms with Crippen molar-refractivity contribution in [2.45, 2.75) is 13.2 Å². The highest BCUT2D eigenvalue weighted by Crippen LogP contribution is 2.40. The molecule has 0 spiro atoms. The minimum Gasteiger partial charge on any atom is -0.872 e. The quantitative estimate of drug-likeness (QED) is 0.809. The summed E-state index contributed by atoms with van der Waals surface area (Å²) in [5.74, 6) is 0.712. The van der Waals surface area contributed by atoms with E-state index in [4.69, 9.17) is 25.8 Å². The molecule has 0 saturated heterocycles. The van der Waals surface area contributed by atoms with Gasteiger partial charge in [-0.1, -0.05) is 23.4 Å². The van der Waals surface area contributed by atoms with Crippen molar-refractivity contribution in [3.8, 4) is 17.2 Å². The van der Waals surface area contributed by atoms with Gasteiger partial charge in [-0.15, -0.1) is 0 Å². The van der Waals surface area contributed by atoms with Crippen molar-refractivity contribution in [2.24, 2.45) is 0 Å². The first kappa shape index (κ1) is 17.9. The molecule has 0 amide bonds. The molecule has 2 heterocycles. The Morgan fingerprint density at radius 1 is 1.26 bits per heavy atom. The van der Waals surface area contributed by atoms with Crippen molar-refractivity contribution >= 4 is 23.5 Å². The van der Waals surface area contributed by atoms with Gasteiger partial charge in [-0.25, -0.2) is 0 Å². The first-order valence-corrected chi connectivity index (χ1v) is 8.91. The Hall–Kier alpha value is -2.54. The molecule has 2 aliphatic heterocycles. The maximum absolute atomic E-state index is 12.8. The molecule has 1 N–H and O–H groups in total. The number of hydrogen-bond donors (Lipinski definition) is 1. The average Bonchev–Trinajstić information content (AvgIpc) is 2.93. The second kappa shape index (κ2) is 6.88. The van der Waals surface area contributed by atoms with Gasteiger partial charge in [-0.3, -0.25) is 4.79 Å². The summed E-state index contributed by atoms with van der Waals surface area (Å²) in [6, 6.07) is 6.42. The maximum Gasteiger partial charge on any atom is 0.231 e. The van der Waals surface area contributed by atoms with E-state index in [1.54, 1.807) is 18.2 Å². The Balaban J connectivity index is 1.77. The predicted octanol–water partition coefficient (Wildman–Crippen LogP) is 1.54.